The molecule has 0 aliphatic rings. The fourth-order valence-corrected chi connectivity index (χ4v) is 1.57. The molecule has 0 unspecified atom stereocenters. The highest BCUT2D eigenvalue weighted by atomic mass is 19.1. The van der Waals surface area contributed by atoms with E-state index in [-0.39, 0.29) is 18.2 Å². The van der Waals surface area contributed by atoms with Crippen molar-refractivity contribution in [2.75, 3.05) is 0 Å². The number of nitrogens with one attached hydrogen (secondary N) is 1. The Hall–Kier alpha value is -2.50. The molecule has 0 spiro atoms. The molecule has 98 valence electrons. The van der Waals surface area contributed by atoms with Crippen LogP contribution in [-0.4, -0.2) is 10.8 Å². The Labute approximate surface area is 108 Å². The zero-order chi connectivity index (χ0) is 13.8. The Morgan fingerprint density at radius 3 is 2.58 bits per heavy atom. The number of pyridine rings is 1. The molecule has 0 aliphatic carbocycles. The Morgan fingerprint density at radius 1 is 1.26 bits per heavy atom. The van der Waals surface area contributed by atoms with Gasteiger partial charge in [-0.1, -0.05) is 6.07 Å². The maximum Gasteiger partial charge on any atom is 0.142 e. The number of hydrogen-bond donors (Lipinski definition) is 2. The number of nitrogen functional groups attached to an aromatic ring is 1. The summed E-state index contributed by atoms with van der Waals surface area (Å²) in [5, 5.41) is 7.37. The molecule has 2 aromatic rings. The standard InChI is InChI=1S/C13H11F2N3O/c14-9-4-10(15)6-11(5-9)19-7-8-2-1-3-18-12(8)13(16)17/h1-6H,7H2,(H3,16,17). The molecule has 19 heavy (non-hydrogen) atoms. The summed E-state index contributed by atoms with van der Waals surface area (Å²) in [6.45, 7) is 0.0195. The van der Waals surface area contributed by atoms with Gasteiger partial charge in [-0.2, -0.15) is 0 Å². The molecule has 1 heterocycles. The van der Waals surface area contributed by atoms with E-state index < -0.39 is 11.6 Å². The first-order valence-electron chi connectivity index (χ1n) is 5.43. The number of halogens is 2. The van der Waals surface area contributed by atoms with E-state index in [2.05, 4.69) is 4.98 Å². The smallest absolute Gasteiger partial charge is 0.142 e. The van der Waals surface area contributed by atoms with Gasteiger partial charge in [-0.3, -0.25) is 10.4 Å². The molecule has 0 bridgehead atoms. The number of ether oxygens (including phenoxy) is 1. The van der Waals surface area contributed by atoms with E-state index in [4.69, 9.17) is 15.9 Å². The summed E-state index contributed by atoms with van der Waals surface area (Å²) in [5.74, 6) is -1.55. The molecule has 0 saturated carbocycles. The fraction of sp³-hybridized carbons (Fsp3) is 0.0769. The van der Waals surface area contributed by atoms with Crippen molar-refractivity contribution in [3.63, 3.8) is 0 Å². The summed E-state index contributed by atoms with van der Waals surface area (Å²) in [7, 11) is 0. The molecule has 2 rings (SSSR count). The molecule has 0 fully saturated rings. The minimum atomic E-state index is -0.715. The highest BCUT2D eigenvalue weighted by Gasteiger charge is 2.08. The van der Waals surface area contributed by atoms with Crippen LogP contribution in [0.15, 0.2) is 36.5 Å². The molecule has 1 aromatic carbocycles. The van der Waals surface area contributed by atoms with Gasteiger partial charge in [0.25, 0.3) is 0 Å². The van der Waals surface area contributed by atoms with Crippen LogP contribution in [0.1, 0.15) is 11.3 Å². The molecule has 4 nitrogen and oxygen atoms in total. The molecule has 0 radical (unpaired) electrons. The molecule has 0 amide bonds. The van der Waals surface area contributed by atoms with Crippen LogP contribution in [0.5, 0.6) is 5.75 Å². The van der Waals surface area contributed by atoms with Crippen molar-refractivity contribution < 1.29 is 13.5 Å². The van der Waals surface area contributed by atoms with E-state index in [1.165, 1.54) is 6.20 Å². The predicted octanol–water partition coefficient (Wildman–Crippen LogP) is 2.22. The molecule has 3 N–H and O–H groups in total. The highest BCUT2D eigenvalue weighted by molar-refractivity contribution is 5.94. The van der Waals surface area contributed by atoms with Gasteiger partial charge < -0.3 is 10.5 Å². The van der Waals surface area contributed by atoms with Crippen molar-refractivity contribution in [1.29, 1.82) is 5.41 Å². The van der Waals surface area contributed by atoms with Crippen molar-refractivity contribution in [2.45, 2.75) is 6.61 Å². The molecule has 6 heteroatoms. The highest BCUT2D eigenvalue weighted by Crippen LogP contribution is 2.17. The summed E-state index contributed by atoms with van der Waals surface area (Å²) in [4.78, 5) is 3.95. The van der Waals surface area contributed by atoms with Crippen molar-refractivity contribution in [3.05, 3.63) is 59.4 Å². The van der Waals surface area contributed by atoms with Crippen LogP contribution < -0.4 is 10.5 Å². The van der Waals surface area contributed by atoms with Crippen LogP contribution in [0.3, 0.4) is 0 Å². The number of benzene rings is 1. The first-order valence-corrected chi connectivity index (χ1v) is 5.43. The summed E-state index contributed by atoms with van der Waals surface area (Å²) in [5.41, 5.74) is 6.24. The van der Waals surface area contributed by atoms with Gasteiger partial charge >= 0.3 is 0 Å². The average Bonchev–Trinajstić information content (AvgIpc) is 2.35. The van der Waals surface area contributed by atoms with Crippen molar-refractivity contribution in [3.8, 4) is 5.75 Å². The predicted molar refractivity (Wildman–Crippen MR) is 65.9 cm³/mol. The van der Waals surface area contributed by atoms with E-state index in [0.717, 1.165) is 18.2 Å². The number of nitrogens with two attached hydrogens (primary N) is 1. The minimum absolute atomic E-state index is 0.0195. The molecule has 0 aliphatic heterocycles. The lowest BCUT2D eigenvalue weighted by molar-refractivity contribution is 0.302. The molecular formula is C13H11F2N3O. The monoisotopic (exact) mass is 263 g/mol. The summed E-state index contributed by atoms with van der Waals surface area (Å²) in [6.07, 6.45) is 1.50. The van der Waals surface area contributed by atoms with E-state index in [0.29, 0.717) is 11.3 Å². The Morgan fingerprint density at radius 2 is 1.95 bits per heavy atom. The van der Waals surface area contributed by atoms with Gasteiger partial charge in [-0.05, 0) is 6.07 Å². The zero-order valence-electron chi connectivity index (χ0n) is 9.86. The Bertz CT molecular complexity index is 596. The topological polar surface area (TPSA) is 72.0 Å². The first kappa shape index (κ1) is 12.9. The van der Waals surface area contributed by atoms with E-state index in [1.54, 1.807) is 12.1 Å². The van der Waals surface area contributed by atoms with Gasteiger partial charge in [0.1, 0.15) is 35.5 Å². The largest absolute Gasteiger partial charge is 0.489 e. The molecule has 1 aromatic heterocycles. The van der Waals surface area contributed by atoms with Gasteiger partial charge in [0.15, 0.2) is 0 Å². The summed E-state index contributed by atoms with van der Waals surface area (Å²) >= 11 is 0. The van der Waals surface area contributed by atoms with E-state index in [9.17, 15) is 8.78 Å². The molecule has 0 saturated heterocycles. The molecule has 0 atom stereocenters. The third-order valence-corrected chi connectivity index (χ3v) is 2.38. The van der Waals surface area contributed by atoms with Crippen LogP contribution in [-0.2, 0) is 6.61 Å². The van der Waals surface area contributed by atoms with E-state index in [1.807, 2.05) is 0 Å². The van der Waals surface area contributed by atoms with E-state index >= 15 is 0 Å². The maximum absolute atomic E-state index is 13.0. The second kappa shape index (κ2) is 5.43. The van der Waals surface area contributed by atoms with Crippen LogP contribution in [0, 0.1) is 17.0 Å². The fourth-order valence-electron chi connectivity index (χ4n) is 1.57. The van der Waals surface area contributed by atoms with Crippen LogP contribution in [0.4, 0.5) is 8.78 Å². The normalized spacial score (nSPS) is 10.2. The van der Waals surface area contributed by atoms with Gasteiger partial charge in [-0.15, -0.1) is 0 Å². The number of hydrogen-bond acceptors (Lipinski definition) is 3. The molecular weight excluding hydrogens is 252 g/mol. The lowest BCUT2D eigenvalue weighted by atomic mass is 10.2. The van der Waals surface area contributed by atoms with Gasteiger partial charge in [0.2, 0.25) is 0 Å². The number of rotatable bonds is 4. The number of nitrogens with zero attached hydrogens (tertiary/aromatic N) is 1. The maximum atomic E-state index is 13.0. The van der Waals surface area contributed by atoms with Crippen molar-refractivity contribution >= 4 is 5.84 Å². The van der Waals surface area contributed by atoms with Crippen molar-refractivity contribution in [2.24, 2.45) is 5.73 Å². The van der Waals surface area contributed by atoms with Crippen LogP contribution >= 0.6 is 0 Å². The Kier molecular flexibility index (Phi) is 3.70. The third kappa shape index (κ3) is 3.25. The SMILES string of the molecule is N=C(N)c1ncccc1COc1cc(F)cc(F)c1. The zero-order valence-corrected chi connectivity index (χ0v) is 9.86. The van der Waals surface area contributed by atoms with Crippen molar-refractivity contribution in [1.82, 2.24) is 4.98 Å². The van der Waals surface area contributed by atoms with Gasteiger partial charge in [0, 0.05) is 30.0 Å². The van der Waals surface area contributed by atoms with Crippen LogP contribution in [0.2, 0.25) is 0 Å². The van der Waals surface area contributed by atoms with Gasteiger partial charge in [0.05, 0.1) is 0 Å². The quantitative estimate of drug-likeness (QED) is 0.656. The minimum Gasteiger partial charge on any atom is -0.489 e. The average molecular weight is 263 g/mol. The first-order chi connectivity index (χ1) is 9.06. The van der Waals surface area contributed by atoms with Gasteiger partial charge in [-0.25, -0.2) is 8.78 Å². The number of amidine groups is 1. The van der Waals surface area contributed by atoms with Crippen LogP contribution in [0.25, 0.3) is 0 Å². The second-order valence-electron chi connectivity index (χ2n) is 3.82. The number of aromatic nitrogens is 1. The summed E-state index contributed by atoms with van der Waals surface area (Å²) in [6, 6.07) is 6.26. The lowest BCUT2D eigenvalue weighted by Crippen LogP contribution is -2.16. The third-order valence-electron chi connectivity index (χ3n) is 2.38. The Balaban J connectivity index is 2.16. The second-order valence-corrected chi connectivity index (χ2v) is 3.82. The lowest BCUT2D eigenvalue weighted by Gasteiger charge is -2.09. The summed E-state index contributed by atoms with van der Waals surface area (Å²) < 4.78 is 31.2.